The SMILES string of the molecule is CC(C)c1cc(C(C)C)c(-c2ccccc2P)c(C(C)C)c1.CC(F)CCF. The minimum absolute atomic E-state index is 0.0417. The van der Waals surface area contributed by atoms with Gasteiger partial charge >= 0.3 is 0 Å². The molecule has 2 aromatic rings. The van der Waals surface area contributed by atoms with Crippen molar-refractivity contribution in [2.45, 2.75) is 78.8 Å². The average Bonchev–Trinajstić information content (AvgIpc) is 2.61. The number of benzene rings is 2. The van der Waals surface area contributed by atoms with Crippen LogP contribution < -0.4 is 5.30 Å². The third-order valence-corrected chi connectivity index (χ3v) is 5.37. The minimum atomic E-state index is -0.977. The van der Waals surface area contributed by atoms with E-state index in [9.17, 15) is 8.78 Å². The van der Waals surface area contributed by atoms with Gasteiger partial charge in [0.15, 0.2) is 0 Å². The van der Waals surface area contributed by atoms with Crippen LogP contribution in [0.15, 0.2) is 36.4 Å². The standard InChI is InChI=1S/C21H29P.C4H8F2/c1-13(2)16-11-18(14(3)4)21(19(12-16)15(5)6)17-9-7-8-10-20(17)22;1-4(6)2-3-5/h7-15H,22H2,1-6H3;4H,2-3H2,1H3. The molecule has 0 aliphatic heterocycles. The van der Waals surface area contributed by atoms with E-state index in [1.165, 1.54) is 40.0 Å². The molecule has 0 aromatic heterocycles. The van der Waals surface area contributed by atoms with Crippen molar-refractivity contribution in [3.05, 3.63) is 53.1 Å². The molecule has 2 rings (SSSR count). The number of hydrogen-bond donors (Lipinski definition) is 0. The van der Waals surface area contributed by atoms with Crippen LogP contribution in [0.2, 0.25) is 0 Å². The molecule has 28 heavy (non-hydrogen) atoms. The van der Waals surface area contributed by atoms with Gasteiger partial charge in [0.1, 0.15) is 0 Å². The second-order valence-corrected chi connectivity index (χ2v) is 9.01. The molecular formula is C25H37F2P. The Kier molecular flexibility index (Phi) is 10.3. The lowest BCUT2D eigenvalue weighted by Gasteiger charge is -2.24. The number of halogens is 2. The first kappa shape index (κ1) is 24.8. The van der Waals surface area contributed by atoms with Crippen molar-refractivity contribution in [3.63, 3.8) is 0 Å². The number of alkyl halides is 2. The lowest BCUT2D eigenvalue weighted by atomic mass is 9.82. The summed E-state index contributed by atoms with van der Waals surface area (Å²) in [6.45, 7) is 14.6. The summed E-state index contributed by atoms with van der Waals surface area (Å²) in [5.41, 5.74) is 7.21. The maximum absolute atomic E-state index is 11.5. The van der Waals surface area contributed by atoms with Gasteiger partial charge in [-0.15, -0.1) is 9.24 Å². The fourth-order valence-corrected chi connectivity index (χ4v) is 3.49. The Hall–Kier alpha value is -1.27. The zero-order chi connectivity index (χ0) is 21.4. The number of hydrogen-bond acceptors (Lipinski definition) is 0. The minimum Gasteiger partial charge on any atom is -0.251 e. The molecule has 156 valence electrons. The smallest absolute Gasteiger partial charge is 0.0998 e. The van der Waals surface area contributed by atoms with E-state index in [1.807, 2.05) is 0 Å². The summed E-state index contributed by atoms with van der Waals surface area (Å²) >= 11 is 0. The van der Waals surface area contributed by atoms with Crippen LogP contribution in [0, 0.1) is 0 Å². The molecule has 0 saturated heterocycles. The fourth-order valence-electron chi connectivity index (χ4n) is 3.14. The maximum Gasteiger partial charge on any atom is 0.0998 e. The quantitative estimate of drug-likeness (QED) is 0.427. The molecule has 0 heterocycles. The zero-order valence-electron chi connectivity index (χ0n) is 18.5. The molecule has 0 bridgehead atoms. The molecule has 2 aromatic carbocycles. The van der Waals surface area contributed by atoms with Crippen LogP contribution in [0.1, 0.15) is 89.3 Å². The van der Waals surface area contributed by atoms with E-state index < -0.39 is 12.8 Å². The van der Waals surface area contributed by atoms with Gasteiger partial charge in [-0.25, -0.2) is 4.39 Å². The molecule has 0 amide bonds. The Balaban J connectivity index is 0.000000568. The highest BCUT2D eigenvalue weighted by Crippen LogP contribution is 2.38. The van der Waals surface area contributed by atoms with Gasteiger partial charge in [-0.1, -0.05) is 77.9 Å². The van der Waals surface area contributed by atoms with Crippen LogP contribution in [0.5, 0.6) is 0 Å². The maximum atomic E-state index is 11.5. The molecule has 0 radical (unpaired) electrons. The van der Waals surface area contributed by atoms with E-state index in [0.717, 1.165) is 0 Å². The summed E-state index contributed by atoms with van der Waals surface area (Å²) in [6, 6.07) is 13.5. The van der Waals surface area contributed by atoms with E-state index in [0.29, 0.717) is 17.8 Å². The first-order chi connectivity index (χ1) is 13.1. The molecular weight excluding hydrogens is 369 g/mol. The van der Waals surface area contributed by atoms with E-state index >= 15 is 0 Å². The summed E-state index contributed by atoms with van der Waals surface area (Å²) in [5, 5.41) is 1.28. The van der Waals surface area contributed by atoms with Crippen LogP contribution in [0.3, 0.4) is 0 Å². The van der Waals surface area contributed by atoms with Crippen molar-refractivity contribution in [2.24, 2.45) is 0 Å². The molecule has 0 aliphatic rings. The topological polar surface area (TPSA) is 0 Å². The third-order valence-electron chi connectivity index (χ3n) is 4.87. The molecule has 0 saturated carbocycles. The van der Waals surface area contributed by atoms with Crippen LogP contribution in [-0.4, -0.2) is 12.8 Å². The Morgan fingerprint density at radius 1 is 0.821 bits per heavy atom. The van der Waals surface area contributed by atoms with Crippen molar-refractivity contribution >= 4 is 14.5 Å². The molecule has 0 spiro atoms. The molecule has 2 unspecified atom stereocenters. The molecule has 0 nitrogen and oxygen atoms in total. The monoisotopic (exact) mass is 406 g/mol. The van der Waals surface area contributed by atoms with Gasteiger partial charge in [0.2, 0.25) is 0 Å². The highest BCUT2D eigenvalue weighted by Gasteiger charge is 2.19. The Bertz CT molecular complexity index is 704. The summed E-state index contributed by atoms with van der Waals surface area (Å²) < 4.78 is 22.5. The van der Waals surface area contributed by atoms with Crippen LogP contribution in [0.4, 0.5) is 8.78 Å². The van der Waals surface area contributed by atoms with Crippen molar-refractivity contribution < 1.29 is 8.78 Å². The van der Waals surface area contributed by atoms with E-state index in [2.05, 4.69) is 87.2 Å². The van der Waals surface area contributed by atoms with Gasteiger partial charge in [0, 0.05) is 6.42 Å². The highest BCUT2D eigenvalue weighted by atomic mass is 31.0. The fraction of sp³-hybridized carbons (Fsp3) is 0.520. The third kappa shape index (κ3) is 6.96. The summed E-state index contributed by atoms with van der Waals surface area (Å²) in [7, 11) is 2.90. The molecule has 3 heteroatoms. The largest absolute Gasteiger partial charge is 0.251 e. The predicted molar refractivity (Wildman–Crippen MR) is 125 cm³/mol. The van der Waals surface area contributed by atoms with E-state index in [-0.39, 0.29) is 6.42 Å². The normalized spacial score (nSPS) is 12.3. The van der Waals surface area contributed by atoms with Crippen LogP contribution >= 0.6 is 9.24 Å². The second kappa shape index (κ2) is 11.7. The molecule has 2 atom stereocenters. The lowest BCUT2D eigenvalue weighted by molar-refractivity contribution is 0.305. The molecule has 0 aliphatic carbocycles. The zero-order valence-corrected chi connectivity index (χ0v) is 19.7. The van der Waals surface area contributed by atoms with Gasteiger partial charge in [0.05, 0.1) is 12.8 Å². The summed E-state index contributed by atoms with van der Waals surface area (Å²) in [4.78, 5) is 0. The van der Waals surface area contributed by atoms with E-state index in [4.69, 9.17) is 0 Å². The Morgan fingerprint density at radius 3 is 1.64 bits per heavy atom. The first-order valence-corrected chi connectivity index (χ1v) is 10.9. The van der Waals surface area contributed by atoms with Gasteiger partial charge in [-0.2, -0.15) is 0 Å². The summed E-state index contributed by atoms with van der Waals surface area (Å²) in [5.74, 6) is 1.61. The van der Waals surface area contributed by atoms with Crippen molar-refractivity contribution in [2.75, 3.05) is 6.67 Å². The van der Waals surface area contributed by atoms with Gasteiger partial charge in [-0.05, 0) is 57.8 Å². The highest BCUT2D eigenvalue weighted by molar-refractivity contribution is 7.28. The lowest BCUT2D eigenvalue weighted by Crippen LogP contribution is -2.07. The van der Waals surface area contributed by atoms with Crippen molar-refractivity contribution in [1.82, 2.24) is 0 Å². The second-order valence-electron chi connectivity index (χ2n) is 8.38. The van der Waals surface area contributed by atoms with Gasteiger partial charge in [0.25, 0.3) is 0 Å². The molecule has 0 N–H and O–H groups in total. The summed E-state index contributed by atoms with van der Waals surface area (Å²) in [6.07, 6.45) is -0.935. The number of rotatable bonds is 6. The van der Waals surface area contributed by atoms with Crippen molar-refractivity contribution in [1.29, 1.82) is 0 Å². The van der Waals surface area contributed by atoms with Crippen molar-refractivity contribution in [3.8, 4) is 11.1 Å². The molecule has 0 fully saturated rings. The Labute approximate surface area is 173 Å². The van der Waals surface area contributed by atoms with E-state index in [1.54, 1.807) is 0 Å². The van der Waals surface area contributed by atoms with Gasteiger partial charge in [-0.3, -0.25) is 4.39 Å². The average molecular weight is 407 g/mol. The Morgan fingerprint density at radius 2 is 1.32 bits per heavy atom. The van der Waals surface area contributed by atoms with Crippen LogP contribution in [0.25, 0.3) is 11.1 Å². The predicted octanol–water partition coefficient (Wildman–Crippen LogP) is 7.93. The first-order valence-electron chi connectivity index (χ1n) is 10.3. The van der Waals surface area contributed by atoms with Crippen LogP contribution in [-0.2, 0) is 0 Å². The van der Waals surface area contributed by atoms with Gasteiger partial charge < -0.3 is 0 Å².